The number of para-hydroxylation sites is 1. The number of hydrogen-bond donors (Lipinski definition) is 0. The highest BCUT2D eigenvalue weighted by molar-refractivity contribution is 5.85. The molecule has 0 bridgehead atoms. The largest absolute Gasteiger partial charge is 0.488 e. The number of nitrogens with zero attached hydrogens (tertiary/aromatic N) is 5. The van der Waals surface area contributed by atoms with Crippen molar-refractivity contribution in [1.82, 2.24) is 9.66 Å². The molecule has 0 aliphatic carbocycles. The number of non-ortho nitro benzene ring substituents is 1. The van der Waals surface area contributed by atoms with E-state index < -0.39 is 22.2 Å². The number of fused-ring (bicyclic) bond motifs is 1. The van der Waals surface area contributed by atoms with Crippen LogP contribution < -0.4 is 10.3 Å². The molecule has 12 heteroatoms. The molecule has 0 fully saturated rings. The molecule has 0 spiro atoms. The van der Waals surface area contributed by atoms with Crippen LogP contribution in [0.15, 0.2) is 101 Å². The van der Waals surface area contributed by atoms with E-state index in [1.54, 1.807) is 42.5 Å². The monoisotopic (exact) mass is 569 g/mol. The summed E-state index contributed by atoms with van der Waals surface area (Å²) >= 11 is 0. The molecular weight excluding hydrogens is 551 g/mol. The van der Waals surface area contributed by atoms with E-state index in [2.05, 4.69) is 16.2 Å². The Morgan fingerprint density at radius 2 is 1.79 bits per heavy atom. The van der Waals surface area contributed by atoms with Gasteiger partial charge in [-0.05, 0) is 36.4 Å². The first-order chi connectivity index (χ1) is 20.2. The number of hydrogen-bond acceptors (Lipinski definition) is 7. The van der Waals surface area contributed by atoms with E-state index in [9.17, 15) is 33.3 Å². The Morgan fingerprint density at radius 3 is 2.55 bits per heavy atom. The van der Waals surface area contributed by atoms with Crippen molar-refractivity contribution in [1.29, 1.82) is 5.26 Å². The number of nitriles is 1. The molecule has 0 amide bonds. The molecule has 42 heavy (non-hydrogen) atoms. The summed E-state index contributed by atoms with van der Waals surface area (Å²) in [5.41, 5.74) is -0.607. The van der Waals surface area contributed by atoms with Gasteiger partial charge in [0.1, 0.15) is 12.4 Å². The average molecular weight is 569 g/mol. The number of ether oxygens (including phenoxy) is 1. The van der Waals surface area contributed by atoms with Crippen molar-refractivity contribution >= 4 is 22.8 Å². The number of nitro benzene ring substituents is 1. The van der Waals surface area contributed by atoms with Crippen LogP contribution in [0.5, 0.6) is 5.75 Å². The lowest BCUT2D eigenvalue weighted by molar-refractivity contribution is -0.384. The second-order valence-electron chi connectivity index (χ2n) is 8.93. The molecule has 0 atom stereocenters. The molecule has 0 radical (unpaired) electrons. The van der Waals surface area contributed by atoms with Crippen LogP contribution in [0.1, 0.15) is 22.3 Å². The van der Waals surface area contributed by atoms with Crippen LogP contribution in [0.25, 0.3) is 22.3 Å². The van der Waals surface area contributed by atoms with E-state index in [4.69, 9.17) is 4.74 Å². The Hall–Kier alpha value is -5.83. The minimum absolute atomic E-state index is 0.0199. The van der Waals surface area contributed by atoms with Gasteiger partial charge in [-0.2, -0.15) is 28.2 Å². The third-order valence-corrected chi connectivity index (χ3v) is 6.24. The van der Waals surface area contributed by atoms with Crippen LogP contribution in [0.3, 0.4) is 0 Å². The highest BCUT2D eigenvalue weighted by atomic mass is 19.4. The first-order valence-corrected chi connectivity index (χ1v) is 12.3. The summed E-state index contributed by atoms with van der Waals surface area (Å²) in [5.74, 6) is -0.0172. The zero-order valence-electron chi connectivity index (χ0n) is 21.4. The van der Waals surface area contributed by atoms with Crippen molar-refractivity contribution in [3.05, 3.63) is 134 Å². The molecule has 5 aromatic rings. The number of alkyl halides is 3. The Kier molecular flexibility index (Phi) is 7.49. The first kappa shape index (κ1) is 27.7. The summed E-state index contributed by atoms with van der Waals surface area (Å²) < 4.78 is 47.1. The van der Waals surface area contributed by atoms with Crippen LogP contribution in [0.4, 0.5) is 18.9 Å². The maximum absolute atomic E-state index is 13.5. The van der Waals surface area contributed by atoms with Crippen LogP contribution >= 0.6 is 0 Å². The minimum Gasteiger partial charge on any atom is -0.488 e. The quantitative estimate of drug-likeness (QED) is 0.128. The normalized spacial score (nSPS) is 11.5. The Bertz CT molecular complexity index is 1960. The van der Waals surface area contributed by atoms with Crippen molar-refractivity contribution in [3.8, 4) is 23.2 Å². The number of aromatic nitrogens is 2. The number of rotatable bonds is 7. The summed E-state index contributed by atoms with van der Waals surface area (Å²) in [5, 5.41) is 25.2. The van der Waals surface area contributed by atoms with Gasteiger partial charge in [-0.3, -0.25) is 14.9 Å². The lowest BCUT2D eigenvalue weighted by atomic mass is 10.1. The van der Waals surface area contributed by atoms with Crippen molar-refractivity contribution in [2.75, 3.05) is 0 Å². The third-order valence-electron chi connectivity index (χ3n) is 6.24. The van der Waals surface area contributed by atoms with Gasteiger partial charge in [0.2, 0.25) is 0 Å². The topological polar surface area (TPSA) is 123 Å². The minimum atomic E-state index is -4.64. The van der Waals surface area contributed by atoms with Gasteiger partial charge in [-0.25, -0.2) is 4.98 Å². The molecule has 0 N–H and O–H groups in total. The Balaban J connectivity index is 1.63. The van der Waals surface area contributed by atoms with Crippen molar-refractivity contribution in [3.63, 3.8) is 0 Å². The van der Waals surface area contributed by atoms with E-state index >= 15 is 0 Å². The van der Waals surface area contributed by atoms with Gasteiger partial charge in [-0.1, -0.05) is 42.5 Å². The average Bonchev–Trinajstić information content (AvgIpc) is 2.99. The van der Waals surface area contributed by atoms with Crippen molar-refractivity contribution < 1.29 is 22.8 Å². The molecule has 1 aromatic heterocycles. The molecule has 0 aliphatic rings. The maximum Gasteiger partial charge on any atom is 0.416 e. The zero-order valence-corrected chi connectivity index (χ0v) is 21.4. The highest BCUT2D eigenvalue weighted by Crippen LogP contribution is 2.32. The van der Waals surface area contributed by atoms with Crippen LogP contribution in [0, 0.1) is 21.4 Å². The Labute approximate surface area is 235 Å². The molecule has 5 rings (SSSR count). The van der Waals surface area contributed by atoms with Crippen LogP contribution in [0.2, 0.25) is 0 Å². The zero-order chi connectivity index (χ0) is 29.9. The molecule has 0 aliphatic heterocycles. The molecular formula is C30H18F3N5O4. The molecule has 0 saturated heterocycles. The SMILES string of the molecule is N#Cc1ccccc1COc1ccc([N+](=O)[O-])cc1C=Nn1c(-c2cccc(C(F)(F)F)c2)nc2ccccc2c1=O. The van der Waals surface area contributed by atoms with E-state index in [-0.39, 0.29) is 45.9 Å². The molecule has 0 unspecified atom stereocenters. The fourth-order valence-electron chi connectivity index (χ4n) is 4.16. The summed E-state index contributed by atoms with van der Waals surface area (Å²) in [6, 6.07) is 23.2. The number of halogens is 3. The van der Waals surface area contributed by atoms with E-state index in [0.717, 1.165) is 23.0 Å². The predicted octanol–water partition coefficient (Wildman–Crippen LogP) is 6.32. The van der Waals surface area contributed by atoms with Gasteiger partial charge in [0.15, 0.2) is 5.82 Å². The fraction of sp³-hybridized carbons (Fsp3) is 0.0667. The lowest BCUT2D eigenvalue weighted by Gasteiger charge is -2.13. The third kappa shape index (κ3) is 5.71. The second kappa shape index (κ2) is 11.3. The van der Waals surface area contributed by atoms with Gasteiger partial charge in [0.05, 0.1) is 39.2 Å². The molecule has 1 heterocycles. The highest BCUT2D eigenvalue weighted by Gasteiger charge is 2.31. The van der Waals surface area contributed by atoms with Gasteiger partial charge >= 0.3 is 6.18 Å². The fourth-order valence-corrected chi connectivity index (χ4v) is 4.16. The number of nitro groups is 1. The van der Waals surface area contributed by atoms with E-state index in [1.807, 2.05) is 0 Å². The summed E-state index contributed by atoms with van der Waals surface area (Å²) in [4.78, 5) is 28.8. The second-order valence-corrected chi connectivity index (χ2v) is 8.93. The summed E-state index contributed by atoms with van der Waals surface area (Å²) in [6.45, 7) is -0.0463. The smallest absolute Gasteiger partial charge is 0.416 e. The first-order valence-electron chi connectivity index (χ1n) is 12.3. The van der Waals surface area contributed by atoms with Gasteiger partial charge in [0.25, 0.3) is 11.2 Å². The van der Waals surface area contributed by atoms with Crippen LogP contribution in [-0.4, -0.2) is 20.8 Å². The van der Waals surface area contributed by atoms with E-state index in [1.165, 1.54) is 36.4 Å². The summed E-state index contributed by atoms with van der Waals surface area (Å²) in [6.07, 6.45) is -3.51. The maximum atomic E-state index is 13.5. The van der Waals surface area contributed by atoms with Gasteiger partial charge < -0.3 is 4.74 Å². The molecule has 9 nitrogen and oxygen atoms in total. The Morgan fingerprint density at radius 1 is 1.02 bits per heavy atom. The van der Waals surface area contributed by atoms with E-state index in [0.29, 0.717) is 11.1 Å². The number of benzene rings is 4. The predicted molar refractivity (Wildman–Crippen MR) is 148 cm³/mol. The lowest BCUT2D eigenvalue weighted by Crippen LogP contribution is -2.20. The standard InChI is InChI=1S/C30H18F3N5O4/c31-30(32,33)23-9-5-8-19(14-23)28-36-26-11-4-3-10-25(26)29(39)37(28)35-17-22-15-24(38(40)41)12-13-27(22)42-18-21-7-2-1-6-20(21)16-34/h1-15,17H,18H2. The van der Waals surface area contributed by atoms with Gasteiger partial charge in [0, 0.05) is 28.8 Å². The molecule has 0 saturated carbocycles. The van der Waals surface area contributed by atoms with Gasteiger partial charge in [-0.15, -0.1) is 0 Å². The summed E-state index contributed by atoms with van der Waals surface area (Å²) in [7, 11) is 0. The molecule has 208 valence electrons. The van der Waals surface area contributed by atoms with Crippen molar-refractivity contribution in [2.45, 2.75) is 12.8 Å². The van der Waals surface area contributed by atoms with Crippen LogP contribution in [-0.2, 0) is 12.8 Å². The molecule has 4 aromatic carbocycles. The van der Waals surface area contributed by atoms with Crippen molar-refractivity contribution in [2.24, 2.45) is 5.10 Å².